The molecule has 7 heteroatoms. The summed E-state index contributed by atoms with van der Waals surface area (Å²) < 4.78 is 18.1. The van der Waals surface area contributed by atoms with Crippen LogP contribution in [-0.2, 0) is 9.59 Å². The minimum Gasteiger partial charge on any atom is -0.494 e. The summed E-state index contributed by atoms with van der Waals surface area (Å²) in [6.45, 7) is 0.521. The largest absolute Gasteiger partial charge is 0.494 e. The first-order chi connectivity index (χ1) is 10.1. The second kappa shape index (κ2) is 10.0. The first-order valence-electron chi connectivity index (χ1n) is 6.52. The fourth-order valence-corrected chi connectivity index (χ4v) is 2.47. The van der Waals surface area contributed by atoms with Crippen LogP contribution in [0.1, 0.15) is 12.8 Å². The van der Waals surface area contributed by atoms with Gasteiger partial charge in [0.15, 0.2) is 0 Å². The predicted molar refractivity (Wildman–Crippen MR) is 79.1 cm³/mol. The summed E-state index contributed by atoms with van der Waals surface area (Å²) in [5.41, 5.74) is 0. The van der Waals surface area contributed by atoms with Crippen molar-refractivity contribution in [1.82, 2.24) is 5.32 Å². The molecule has 1 unspecified atom stereocenters. The number of carbonyl (C=O) groups excluding carboxylic acids is 1. The Bertz CT molecular complexity index is 441. The van der Waals surface area contributed by atoms with Crippen LogP contribution in [0.15, 0.2) is 24.3 Å². The van der Waals surface area contributed by atoms with E-state index in [1.165, 1.54) is 12.1 Å². The van der Waals surface area contributed by atoms with E-state index in [0.717, 1.165) is 12.2 Å². The topological polar surface area (TPSA) is 75.6 Å². The van der Waals surface area contributed by atoms with E-state index < -0.39 is 12.0 Å². The van der Waals surface area contributed by atoms with Crippen LogP contribution in [0.2, 0.25) is 0 Å². The Balaban J connectivity index is 2.05. The van der Waals surface area contributed by atoms with Crippen molar-refractivity contribution in [1.29, 1.82) is 0 Å². The fourth-order valence-electron chi connectivity index (χ4n) is 1.55. The van der Waals surface area contributed by atoms with Gasteiger partial charge >= 0.3 is 5.97 Å². The lowest BCUT2D eigenvalue weighted by molar-refractivity contribution is -0.140. The Morgan fingerprint density at radius 2 is 2.10 bits per heavy atom. The Morgan fingerprint density at radius 3 is 2.71 bits per heavy atom. The third-order valence-electron chi connectivity index (χ3n) is 2.63. The molecule has 1 rings (SSSR count). The summed E-state index contributed by atoms with van der Waals surface area (Å²) in [6, 6.07) is 5.01. The average molecular weight is 315 g/mol. The molecule has 1 atom stereocenters. The number of benzene rings is 1. The highest BCUT2D eigenvalue weighted by atomic mass is 32.2. The number of carboxylic acid groups (broad SMARTS) is 1. The second-order valence-corrected chi connectivity index (χ2v) is 5.46. The summed E-state index contributed by atoms with van der Waals surface area (Å²) >= 11 is 1.60. The molecule has 0 saturated carbocycles. The molecule has 116 valence electrons. The standard InChI is InChI=1S/C14H18FNO4S/c15-11-2-4-12(5-3-11)20-7-1-8-21-9-6-13(14(18)19)16-10-17/h2-5,10,13H,1,6-9H2,(H,16,17)(H,18,19). The zero-order valence-electron chi connectivity index (χ0n) is 11.5. The number of halogens is 1. The molecule has 0 fully saturated rings. The number of amides is 1. The first kappa shape index (κ1) is 17.3. The van der Waals surface area contributed by atoms with Crippen molar-refractivity contribution in [3.8, 4) is 5.75 Å². The van der Waals surface area contributed by atoms with Gasteiger partial charge in [-0.25, -0.2) is 9.18 Å². The van der Waals surface area contributed by atoms with Crippen molar-refractivity contribution < 1.29 is 23.8 Å². The maximum absolute atomic E-state index is 12.7. The number of carbonyl (C=O) groups is 2. The first-order valence-corrected chi connectivity index (χ1v) is 7.67. The van der Waals surface area contributed by atoms with Gasteiger partial charge < -0.3 is 15.2 Å². The number of hydrogen-bond acceptors (Lipinski definition) is 4. The lowest BCUT2D eigenvalue weighted by Gasteiger charge is -2.10. The highest BCUT2D eigenvalue weighted by Crippen LogP contribution is 2.12. The second-order valence-electron chi connectivity index (χ2n) is 4.23. The van der Waals surface area contributed by atoms with Crippen LogP contribution in [0, 0.1) is 5.82 Å². The number of ether oxygens (including phenoxy) is 1. The number of thioether (sulfide) groups is 1. The fraction of sp³-hybridized carbons (Fsp3) is 0.429. The van der Waals surface area contributed by atoms with Gasteiger partial charge in [-0.15, -0.1) is 0 Å². The highest BCUT2D eigenvalue weighted by Gasteiger charge is 2.15. The molecule has 0 radical (unpaired) electrons. The van der Waals surface area contributed by atoms with Gasteiger partial charge in [0, 0.05) is 0 Å². The van der Waals surface area contributed by atoms with Gasteiger partial charge in [0.25, 0.3) is 0 Å². The van der Waals surface area contributed by atoms with Crippen LogP contribution in [0.4, 0.5) is 4.39 Å². The Labute approximate surface area is 126 Å². The molecule has 21 heavy (non-hydrogen) atoms. The summed E-state index contributed by atoms with van der Waals surface area (Å²) in [7, 11) is 0. The minimum atomic E-state index is -1.03. The summed E-state index contributed by atoms with van der Waals surface area (Å²) in [5, 5.41) is 11.1. The van der Waals surface area contributed by atoms with Gasteiger partial charge in [-0.05, 0) is 48.6 Å². The van der Waals surface area contributed by atoms with Crippen molar-refractivity contribution in [2.24, 2.45) is 0 Å². The molecule has 0 aliphatic rings. The van der Waals surface area contributed by atoms with Crippen LogP contribution in [0.3, 0.4) is 0 Å². The molecule has 1 aromatic carbocycles. The van der Waals surface area contributed by atoms with E-state index in [1.54, 1.807) is 23.9 Å². The highest BCUT2D eigenvalue weighted by molar-refractivity contribution is 7.99. The maximum atomic E-state index is 12.7. The van der Waals surface area contributed by atoms with Gasteiger partial charge in [0.05, 0.1) is 6.61 Å². The zero-order chi connectivity index (χ0) is 15.5. The molecule has 1 amide bonds. The van der Waals surface area contributed by atoms with Crippen LogP contribution in [-0.4, -0.2) is 41.6 Å². The minimum absolute atomic E-state index is 0.296. The molecular weight excluding hydrogens is 297 g/mol. The van der Waals surface area contributed by atoms with E-state index in [2.05, 4.69) is 5.32 Å². The number of aliphatic carboxylic acids is 1. The molecule has 0 saturated heterocycles. The molecule has 1 aromatic rings. The molecule has 0 bridgehead atoms. The Kier molecular flexibility index (Phi) is 8.27. The van der Waals surface area contributed by atoms with Crippen LogP contribution < -0.4 is 10.1 Å². The molecule has 5 nitrogen and oxygen atoms in total. The molecule has 0 aliphatic heterocycles. The van der Waals surface area contributed by atoms with Gasteiger partial charge in [-0.2, -0.15) is 11.8 Å². The quantitative estimate of drug-likeness (QED) is 0.482. The monoisotopic (exact) mass is 315 g/mol. The smallest absolute Gasteiger partial charge is 0.326 e. The molecule has 0 aliphatic carbocycles. The van der Waals surface area contributed by atoms with E-state index >= 15 is 0 Å². The van der Waals surface area contributed by atoms with E-state index in [0.29, 0.717) is 30.9 Å². The third kappa shape index (κ3) is 7.55. The van der Waals surface area contributed by atoms with Crippen LogP contribution >= 0.6 is 11.8 Å². The van der Waals surface area contributed by atoms with Crippen molar-refractivity contribution >= 4 is 24.1 Å². The van der Waals surface area contributed by atoms with Crippen LogP contribution in [0.5, 0.6) is 5.75 Å². The van der Waals surface area contributed by atoms with Gasteiger partial charge in [0.2, 0.25) is 6.41 Å². The van der Waals surface area contributed by atoms with Crippen LogP contribution in [0.25, 0.3) is 0 Å². The maximum Gasteiger partial charge on any atom is 0.326 e. The summed E-state index contributed by atoms with van der Waals surface area (Å²) in [5.74, 6) is 0.780. The Hall–Kier alpha value is -1.76. The number of nitrogens with one attached hydrogen (secondary N) is 1. The molecular formula is C14H18FNO4S. The van der Waals surface area contributed by atoms with Crippen molar-refractivity contribution in [3.05, 3.63) is 30.1 Å². The van der Waals surface area contributed by atoms with Crippen molar-refractivity contribution in [2.45, 2.75) is 18.9 Å². The molecule has 0 heterocycles. The van der Waals surface area contributed by atoms with E-state index in [4.69, 9.17) is 9.84 Å². The van der Waals surface area contributed by atoms with Gasteiger partial charge in [-0.1, -0.05) is 0 Å². The third-order valence-corrected chi connectivity index (χ3v) is 3.74. The zero-order valence-corrected chi connectivity index (χ0v) is 12.3. The lowest BCUT2D eigenvalue weighted by Crippen LogP contribution is -2.36. The molecule has 2 N–H and O–H groups in total. The average Bonchev–Trinajstić information content (AvgIpc) is 2.46. The molecule has 0 spiro atoms. The molecule has 0 aromatic heterocycles. The van der Waals surface area contributed by atoms with Crippen molar-refractivity contribution in [3.63, 3.8) is 0 Å². The summed E-state index contributed by atoms with van der Waals surface area (Å²) in [6.07, 6.45) is 1.60. The Morgan fingerprint density at radius 1 is 1.38 bits per heavy atom. The number of rotatable bonds is 11. The predicted octanol–water partition coefficient (Wildman–Crippen LogP) is 1.92. The van der Waals surface area contributed by atoms with E-state index in [9.17, 15) is 14.0 Å². The van der Waals surface area contributed by atoms with E-state index in [-0.39, 0.29) is 5.82 Å². The number of hydrogen-bond donors (Lipinski definition) is 2. The number of carboxylic acids is 1. The van der Waals surface area contributed by atoms with Gasteiger partial charge in [0.1, 0.15) is 17.6 Å². The summed E-state index contributed by atoms with van der Waals surface area (Å²) in [4.78, 5) is 21.0. The SMILES string of the molecule is O=CNC(CCSCCCOc1ccc(F)cc1)C(=O)O. The van der Waals surface area contributed by atoms with Crippen molar-refractivity contribution in [2.75, 3.05) is 18.1 Å². The lowest BCUT2D eigenvalue weighted by atomic mass is 10.2. The normalized spacial score (nSPS) is 11.7. The van der Waals surface area contributed by atoms with E-state index in [1.807, 2.05) is 0 Å². The van der Waals surface area contributed by atoms with Gasteiger partial charge in [-0.3, -0.25) is 4.79 Å².